The van der Waals surface area contributed by atoms with Crippen LogP contribution in [0.1, 0.15) is 0 Å². The Morgan fingerprint density at radius 1 is 1.00 bits per heavy atom. The number of hydrogen-bond acceptors (Lipinski definition) is 0. The first-order valence-electron chi connectivity index (χ1n) is 0. The van der Waals surface area contributed by atoms with E-state index >= 15 is 0 Å². The third-order valence-corrected chi connectivity index (χ3v) is 0. The van der Waals surface area contributed by atoms with Crippen molar-refractivity contribution in [1.82, 2.24) is 0 Å². The van der Waals surface area contributed by atoms with Gasteiger partial charge in [0.15, 0.2) is 0 Å². The van der Waals surface area contributed by atoms with Gasteiger partial charge in [-0.05, 0) is 11.0 Å². The van der Waals surface area contributed by atoms with Crippen molar-refractivity contribution in [1.29, 1.82) is 0 Å². The quantitative estimate of drug-likeness (QED) is 0.372. The summed E-state index contributed by atoms with van der Waals surface area (Å²) >= 11 is 0. The van der Waals surface area contributed by atoms with Crippen molar-refractivity contribution < 1.29 is 21.1 Å². The zero-order valence-electron chi connectivity index (χ0n) is 2.99. The average Bonchev–Trinajstić information content (AvgIpc) is 0. The average molecular weight is 241 g/mol. The van der Waals surface area contributed by atoms with Crippen LogP contribution in [0.3, 0.4) is 0 Å². The maximum Gasteiger partial charge on any atom is 0 e. The zero-order valence-corrected chi connectivity index (χ0v) is 7.92. The van der Waals surface area contributed by atoms with Crippen LogP contribution in [0.15, 0.2) is 0 Å². The Kier molecular flexibility index (Phi) is 774. The molecule has 0 nitrogen and oxygen atoms in total. The molecule has 4 heavy (non-hydrogen) atoms. The first-order chi connectivity index (χ1) is 0. The summed E-state index contributed by atoms with van der Waals surface area (Å²) in [6.07, 6.45) is 0. The van der Waals surface area contributed by atoms with Gasteiger partial charge in [-0.3, -0.25) is 0 Å². The van der Waals surface area contributed by atoms with Gasteiger partial charge in [0.1, 0.15) is 0 Å². The molecule has 4 radical (unpaired) electrons. The van der Waals surface area contributed by atoms with Crippen LogP contribution in [-0.4, -0.2) is 19.4 Å². The van der Waals surface area contributed by atoms with Gasteiger partial charge < -0.3 is 7.43 Å². The second-order valence-electron chi connectivity index (χ2n) is 0. The molecule has 0 aromatic carbocycles. The van der Waals surface area contributed by atoms with Crippen LogP contribution < -0.4 is 0 Å². The van der Waals surface area contributed by atoms with E-state index in [1.165, 1.54) is 0 Å². The van der Waals surface area contributed by atoms with E-state index in [1.54, 1.807) is 0 Å². The normalized spacial score (nSPS) is 0. The van der Waals surface area contributed by atoms with Gasteiger partial charge >= 0.3 is 0 Å². The van der Waals surface area contributed by atoms with Gasteiger partial charge in [-0.1, -0.05) is 0 Å². The Balaban J connectivity index is 0. The molecule has 0 aromatic heterocycles. The molecule has 0 atom stereocenters. The molecule has 24 valence electrons. The first kappa shape index (κ1) is 83.2. The van der Waals surface area contributed by atoms with E-state index in [2.05, 4.69) is 0 Å². The third kappa shape index (κ3) is 12.2. The summed E-state index contributed by atoms with van der Waals surface area (Å²) in [5.41, 5.74) is 0. The fourth-order valence-corrected chi connectivity index (χ4v) is 0. The molecule has 3 heteroatoms. The van der Waals surface area contributed by atoms with Gasteiger partial charge in [0.2, 0.25) is 0 Å². The molecular formula is CH6BSiW-. The Bertz CT molecular complexity index is 8.00. The predicted octanol–water partition coefficient (Wildman–Crippen LogP) is -1.12. The largest absolute Gasteiger partial charge is 0.358 e. The van der Waals surface area contributed by atoms with Crippen LogP contribution >= 0.6 is 0 Å². The molecular weight excluding hydrogens is 235 g/mol. The SMILES string of the molecule is [B].[CH3-].[SiH3].[W]. The van der Waals surface area contributed by atoms with Crippen LogP contribution in [0.4, 0.5) is 0 Å². The van der Waals surface area contributed by atoms with E-state index in [1.807, 2.05) is 0 Å². The molecule has 0 rings (SSSR count). The molecule has 0 aromatic rings. The standard InChI is InChI=1S/CH3.B.H3Si.W/h1H3;;1H3;/q-1;;;. The van der Waals surface area contributed by atoms with Crippen molar-refractivity contribution in [3.8, 4) is 0 Å². The summed E-state index contributed by atoms with van der Waals surface area (Å²) in [6.45, 7) is 0. The Hall–Kier alpha value is 0.970. The fraction of sp³-hybridized carbons (Fsp3) is 0. The maximum atomic E-state index is 0. The van der Waals surface area contributed by atoms with E-state index in [9.17, 15) is 0 Å². The second-order valence-corrected chi connectivity index (χ2v) is 0. The van der Waals surface area contributed by atoms with Crippen LogP contribution in [0.5, 0.6) is 0 Å². The minimum absolute atomic E-state index is 0. The van der Waals surface area contributed by atoms with Gasteiger partial charge in [0, 0.05) is 29.5 Å². The predicted molar refractivity (Wildman–Crippen MR) is 22.1 cm³/mol. The minimum atomic E-state index is 0. The molecule has 0 aliphatic carbocycles. The van der Waals surface area contributed by atoms with Crippen molar-refractivity contribution in [3.05, 3.63) is 7.43 Å². The number of rotatable bonds is 0. The van der Waals surface area contributed by atoms with Crippen LogP contribution in [0, 0.1) is 7.43 Å². The monoisotopic (exact) mass is 241 g/mol. The van der Waals surface area contributed by atoms with Crippen molar-refractivity contribution in [2.24, 2.45) is 0 Å². The summed E-state index contributed by atoms with van der Waals surface area (Å²) in [5, 5.41) is 0. The van der Waals surface area contributed by atoms with Gasteiger partial charge in [0.25, 0.3) is 0 Å². The Morgan fingerprint density at radius 3 is 1.00 bits per heavy atom. The van der Waals surface area contributed by atoms with Gasteiger partial charge in [0.05, 0.1) is 0 Å². The molecule has 0 spiro atoms. The van der Waals surface area contributed by atoms with Crippen molar-refractivity contribution >= 4 is 19.4 Å². The number of hydrogen-bond donors (Lipinski definition) is 0. The van der Waals surface area contributed by atoms with Gasteiger partial charge in [-0.2, -0.15) is 0 Å². The minimum Gasteiger partial charge on any atom is -0.358 e. The van der Waals surface area contributed by atoms with Gasteiger partial charge in [-0.15, -0.1) is 0 Å². The zero-order chi connectivity index (χ0) is 0. The second kappa shape index (κ2) is 37.2. The van der Waals surface area contributed by atoms with Crippen molar-refractivity contribution in [2.45, 2.75) is 0 Å². The van der Waals surface area contributed by atoms with E-state index < -0.39 is 0 Å². The molecule has 0 N–H and O–H groups in total. The van der Waals surface area contributed by atoms with E-state index in [-0.39, 0.29) is 47.9 Å². The van der Waals surface area contributed by atoms with Crippen LogP contribution in [0.2, 0.25) is 0 Å². The molecule has 0 aliphatic rings. The van der Waals surface area contributed by atoms with Gasteiger partial charge in [-0.25, -0.2) is 0 Å². The molecule has 0 aliphatic heterocycles. The summed E-state index contributed by atoms with van der Waals surface area (Å²) in [4.78, 5) is 0. The molecule has 0 unspecified atom stereocenters. The molecule has 0 bridgehead atoms. The summed E-state index contributed by atoms with van der Waals surface area (Å²) in [7, 11) is 0. The molecule has 0 saturated heterocycles. The van der Waals surface area contributed by atoms with Crippen molar-refractivity contribution in [3.63, 3.8) is 0 Å². The Morgan fingerprint density at radius 2 is 1.00 bits per heavy atom. The van der Waals surface area contributed by atoms with Crippen molar-refractivity contribution in [2.75, 3.05) is 0 Å². The van der Waals surface area contributed by atoms with E-state index in [4.69, 9.17) is 0 Å². The summed E-state index contributed by atoms with van der Waals surface area (Å²) in [5.74, 6) is 0. The van der Waals surface area contributed by atoms with Crippen LogP contribution in [-0.2, 0) is 21.1 Å². The summed E-state index contributed by atoms with van der Waals surface area (Å²) < 4.78 is 0. The third-order valence-electron chi connectivity index (χ3n) is 0. The van der Waals surface area contributed by atoms with E-state index in [0.29, 0.717) is 0 Å². The molecule has 0 saturated carbocycles. The topological polar surface area (TPSA) is 0 Å². The first-order valence-corrected chi connectivity index (χ1v) is 0. The maximum absolute atomic E-state index is 0. The fourth-order valence-electron chi connectivity index (χ4n) is 0. The van der Waals surface area contributed by atoms with Crippen LogP contribution in [0.25, 0.3) is 0 Å². The summed E-state index contributed by atoms with van der Waals surface area (Å²) in [6, 6.07) is 0. The molecule has 0 amide bonds. The van der Waals surface area contributed by atoms with E-state index in [0.717, 1.165) is 0 Å². The Labute approximate surface area is 48.2 Å². The molecule has 0 fully saturated rings. The molecule has 0 heterocycles. The smallest absolute Gasteiger partial charge is 0 e.